The van der Waals surface area contributed by atoms with E-state index in [9.17, 15) is 0 Å². The molecule has 9 heteroatoms. The van der Waals surface area contributed by atoms with E-state index in [1.54, 1.807) is 12.3 Å². The van der Waals surface area contributed by atoms with E-state index < -0.39 is 0 Å². The van der Waals surface area contributed by atoms with Gasteiger partial charge in [0.2, 0.25) is 6.39 Å². The zero-order valence-electron chi connectivity index (χ0n) is 13.9. The van der Waals surface area contributed by atoms with Gasteiger partial charge in [-0.25, -0.2) is 4.98 Å². The third-order valence-electron chi connectivity index (χ3n) is 3.80. The van der Waals surface area contributed by atoms with E-state index >= 15 is 0 Å². The Bertz CT molecular complexity index is 1010. The Balaban J connectivity index is 1.83. The lowest BCUT2D eigenvalue weighted by Crippen LogP contribution is -2.17. The summed E-state index contributed by atoms with van der Waals surface area (Å²) in [5.41, 5.74) is 8.34. The molecule has 134 valence electrons. The van der Waals surface area contributed by atoms with E-state index in [0.29, 0.717) is 52.1 Å². The van der Waals surface area contributed by atoms with Crippen molar-refractivity contribution in [2.45, 2.75) is 25.9 Å². The van der Waals surface area contributed by atoms with Gasteiger partial charge in [-0.05, 0) is 19.1 Å². The van der Waals surface area contributed by atoms with Crippen molar-refractivity contribution in [1.82, 2.24) is 15.2 Å². The molecule has 0 saturated heterocycles. The van der Waals surface area contributed by atoms with Crippen LogP contribution in [0.25, 0.3) is 22.6 Å². The Hall–Kier alpha value is -2.84. The molecule has 0 aliphatic heterocycles. The minimum Gasteiger partial charge on any atom is -0.467 e. The Labute approximate surface area is 153 Å². The van der Waals surface area contributed by atoms with Gasteiger partial charge in [-0.15, -0.1) is 10.2 Å². The van der Waals surface area contributed by atoms with Gasteiger partial charge in [-0.3, -0.25) is 0 Å². The van der Waals surface area contributed by atoms with Gasteiger partial charge >= 0.3 is 0 Å². The summed E-state index contributed by atoms with van der Waals surface area (Å²) in [5, 5.41) is 11.3. The highest BCUT2D eigenvalue weighted by atomic mass is 35.5. The lowest BCUT2D eigenvalue weighted by Gasteiger charge is -2.05. The molecular weight excluding hydrogens is 358 g/mol. The summed E-state index contributed by atoms with van der Waals surface area (Å²) in [6.45, 7) is 2.36. The predicted octanol–water partition coefficient (Wildman–Crippen LogP) is 3.63. The molecule has 8 nitrogen and oxygen atoms in total. The molecule has 0 unspecified atom stereocenters. The number of pyridine rings is 1. The Morgan fingerprint density at radius 1 is 1.35 bits per heavy atom. The highest BCUT2D eigenvalue weighted by Gasteiger charge is 2.24. The zero-order valence-corrected chi connectivity index (χ0v) is 14.7. The second kappa shape index (κ2) is 6.81. The molecule has 3 N–H and O–H groups in total. The van der Waals surface area contributed by atoms with Crippen molar-refractivity contribution in [3.63, 3.8) is 0 Å². The normalized spacial score (nSPS) is 12.6. The van der Waals surface area contributed by atoms with E-state index in [1.165, 1.54) is 6.39 Å². The van der Waals surface area contributed by atoms with Crippen molar-refractivity contribution in [2.75, 3.05) is 5.32 Å². The first-order valence-electron chi connectivity index (χ1n) is 8.02. The van der Waals surface area contributed by atoms with Gasteiger partial charge < -0.3 is 24.3 Å². The van der Waals surface area contributed by atoms with Gasteiger partial charge in [0, 0.05) is 18.5 Å². The number of anilines is 1. The number of nitrogens with one attached hydrogen (secondary N) is 1. The molecule has 1 atom stereocenters. The average molecular weight is 374 g/mol. The van der Waals surface area contributed by atoms with Crippen LogP contribution in [0.4, 0.5) is 5.69 Å². The number of hydrogen-bond donors (Lipinski definition) is 2. The number of fused-ring (bicyclic) bond motifs is 1. The van der Waals surface area contributed by atoms with Crippen LogP contribution in [0.2, 0.25) is 5.15 Å². The molecule has 0 aromatic carbocycles. The third-order valence-corrected chi connectivity index (χ3v) is 3.99. The Morgan fingerprint density at radius 3 is 2.92 bits per heavy atom. The van der Waals surface area contributed by atoms with Gasteiger partial charge in [0.25, 0.3) is 5.89 Å². The number of halogens is 1. The minimum atomic E-state index is -0.118. The highest BCUT2D eigenvalue weighted by Crippen LogP contribution is 2.38. The molecule has 0 amide bonds. The minimum absolute atomic E-state index is 0.118. The lowest BCUT2D eigenvalue weighted by molar-refractivity contribution is 0.515. The second-order valence-electron chi connectivity index (χ2n) is 5.93. The van der Waals surface area contributed by atoms with Crippen molar-refractivity contribution in [3.05, 3.63) is 47.5 Å². The van der Waals surface area contributed by atoms with Crippen LogP contribution in [0.1, 0.15) is 18.4 Å². The molecule has 0 aliphatic rings. The molecule has 0 fully saturated rings. The van der Waals surface area contributed by atoms with Crippen LogP contribution in [0.3, 0.4) is 0 Å². The largest absolute Gasteiger partial charge is 0.467 e. The molecule has 0 aliphatic carbocycles. The molecule has 0 bridgehead atoms. The summed E-state index contributed by atoms with van der Waals surface area (Å²) in [5.74, 6) is 1.71. The van der Waals surface area contributed by atoms with Crippen molar-refractivity contribution in [3.8, 4) is 11.5 Å². The number of hydrogen-bond acceptors (Lipinski definition) is 8. The third kappa shape index (κ3) is 3.16. The number of furan rings is 2. The molecule has 0 radical (unpaired) electrons. The summed E-state index contributed by atoms with van der Waals surface area (Å²) in [4.78, 5) is 4.40. The van der Waals surface area contributed by atoms with Crippen molar-refractivity contribution < 1.29 is 13.3 Å². The van der Waals surface area contributed by atoms with Crippen LogP contribution < -0.4 is 11.1 Å². The fourth-order valence-corrected chi connectivity index (χ4v) is 2.94. The van der Waals surface area contributed by atoms with E-state index in [2.05, 4.69) is 20.5 Å². The van der Waals surface area contributed by atoms with Crippen LogP contribution in [-0.2, 0) is 13.0 Å². The highest BCUT2D eigenvalue weighted by molar-refractivity contribution is 6.30. The molecule has 4 heterocycles. The van der Waals surface area contributed by atoms with Crippen molar-refractivity contribution in [1.29, 1.82) is 0 Å². The maximum atomic E-state index is 6.23. The number of nitrogens with zero attached hydrogens (tertiary/aromatic N) is 3. The monoisotopic (exact) mass is 373 g/mol. The van der Waals surface area contributed by atoms with Crippen LogP contribution in [0.15, 0.2) is 44.1 Å². The van der Waals surface area contributed by atoms with E-state index in [4.69, 9.17) is 30.6 Å². The first-order valence-corrected chi connectivity index (χ1v) is 8.40. The molecule has 26 heavy (non-hydrogen) atoms. The Morgan fingerprint density at radius 2 is 2.23 bits per heavy atom. The lowest BCUT2D eigenvalue weighted by atomic mass is 10.1. The van der Waals surface area contributed by atoms with Crippen molar-refractivity contribution in [2.24, 2.45) is 5.73 Å². The summed E-state index contributed by atoms with van der Waals surface area (Å²) in [7, 11) is 0. The van der Waals surface area contributed by atoms with Gasteiger partial charge in [0.15, 0.2) is 5.58 Å². The van der Waals surface area contributed by atoms with Crippen LogP contribution in [-0.4, -0.2) is 21.2 Å². The number of nitrogens with two attached hydrogens (primary N) is 1. The zero-order chi connectivity index (χ0) is 18.1. The summed E-state index contributed by atoms with van der Waals surface area (Å²) < 4.78 is 16.8. The maximum absolute atomic E-state index is 6.23. The smallest absolute Gasteiger partial charge is 0.253 e. The van der Waals surface area contributed by atoms with Gasteiger partial charge in [0.05, 0.1) is 18.5 Å². The van der Waals surface area contributed by atoms with Crippen molar-refractivity contribution >= 4 is 28.4 Å². The Kier molecular flexibility index (Phi) is 4.36. The van der Waals surface area contributed by atoms with Gasteiger partial charge in [-0.2, -0.15) is 0 Å². The van der Waals surface area contributed by atoms with Gasteiger partial charge in [-0.1, -0.05) is 11.6 Å². The summed E-state index contributed by atoms with van der Waals surface area (Å²) >= 11 is 6.23. The van der Waals surface area contributed by atoms with E-state index in [-0.39, 0.29) is 6.04 Å². The van der Waals surface area contributed by atoms with Crippen LogP contribution >= 0.6 is 11.6 Å². The fourth-order valence-electron chi connectivity index (χ4n) is 2.75. The molecular formula is C17H16ClN5O3. The molecule has 4 rings (SSSR count). The van der Waals surface area contributed by atoms with Crippen LogP contribution in [0, 0.1) is 0 Å². The topological polar surface area (TPSA) is 116 Å². The molecule has 4 aromatic heterocycles. The van der Waals surface area contributed by atoms with Crippen LogP contribution in [0.5, 0.6) is 0 Å². The molecule has 4 aromatic rings. The predicted molar refractivity (Wildman–Crippen MR) is 95.7 cm³/mol. The molecule has 0 saturated carbocycles. The fraction of sp³-hybridized carbons (Fsp3) is 0.235. The van der Waals surface area contributed by atoms with E-state index in [1.807, 2.05) is 19.1 Å². The first kappa shape index (κ1) is 16.6. The number of rotatable bonds is 6. The molecule has 0 spiro atoms. The average Bonchev–Trinajstić information content (AvgIpc) is 3.32. The second-order valence-corrected chi connectivity index (χ2v) is 6.32. The quantitative estimate of drug-likeness (QED) is 0.492. The summed E-state index contributed by atoms with van der Waals surface area (Å²) in [6.07, 6.45) is 3.36. The first-order chi connectivity index (χ1) is 12.6. The standard InChI is InChI=1S/C17H16ClN5O3/c1-9(19)5-12-14(17-23-21-8-25-17)15-16(26-12)11(6-13(18)22-15)20-7-10-3-2-4-24-10/h2-4,6,8-9H,5,7,19H2,1H3,(H,20,22)/t9-/m0/s1. The summed E-state index contributed by atoms with van der Waals surface area (Å²) in [6, 6.07) is 5.28. The number of aromatic nitrogens is 3. The maximum Gasteiger partial charge on any atom is 0.253 e. The van der Waals surface area contributed by atoms with E-state index in [0.717, 1.165) is 5.76 Å². The van der Waals surface area contributed by atoms with Gasteiger partial charge in [0.1, 0.15) is 27.8 Å². The SMILES string of the molecule is C[C@H](N)Cc1oc2c(NCc3ccco3)cc(Cl)nc2c1-c1nnco1.